The molecular weight excluding hydrogens is 237 g/mol. The minimum atomic E-state index is -0.924. The van der Waals surface area contributed by atoms with E-state index in [1.807, 2.05) is 0 Å². The van der Waals surface area contributed by atoms with Gasteiger partial charge in [0.25, 0.3) is 0 Å². The second-order valence-corrected chi connectivity index (χ2v) is 4.48. The van der Waals surface area contributed by atoms with Crippen molar-refractivity contribution in [3.05, 3.63) is 35.6 Å². The lowest BCUT2D eigenvalue weighted by atomic mass is 9.90. The number of hydrogen-bond acceptors (Lipinski definition) is 3. The first kappa shape index (κ1) is 13.0. The van der Waals surface area contributed by atoms with Crippen molar-refractivity contribution >= 4 is 5.97 Å². The summed E-state index contributed by atoms with van der Waals surface area (Å²) in [5.74, 6) is -1.15. The third-order valence-electron chi connectivity index (χ3n) is 3.30. The molecule has 0 aromatic heterocycles. The summed E-state index contributed by atoms with van der Waals surface area (Å²) in [6, 6.07) is 6.04. The Balaban J connectivity index is 2.01. The Morgan fingerprint density at radius 3 is 2.50 bits per heavy atom. The van der Waals surface area contributed by atoms with Crippen LogP contribution in [0.4, 0.5) is 4.39 Å². The van der Waals surface area contributed by atoms with Crippen molar-refractivity contribution in [1.82, 2.24) is 5.32 Å². The van der Waals surface area contributed by atoms with Crippen LogP contribution in [0.5, 0.6) is 0 Å². The highest BCUT2D eigenvalue weighted by atomic mass is 19.1. The molecule has 18 heavy (non-hydrogen) atoms. The Bertz CT molecular complexity index is 413. The first-order valence-electron chi connectivity index (χ1n) is 5.93. The summed E-state index contributed by atoms with van der Waals surface area (Å²) >= 11 is 0. The second-order valence-electron chi connectivity index (χ2n) is 4.48. The molecule has 1 aliphatic heterocycles. The van der Waals surface area contributed by atoms with E-state index in [9.17, 15) is 14.3 Å². The smallest absolute Gasteiger partial charge is 0.324 e. The number of hydrogen-bond donors (Lipinski definition) is 2. The number of nitrogens with one attached hydrogen (secondary N) is 1. The van der Waals surface area contributed by atoms with Gasteiger partial charge < -0.3 is 9.84 Å². The van der Waals surface area contributed by atoms with E-state index in [1.165, 1.54) is 12.1 Å². The van der Waals surface area contributed by atoms with Crippen LogP contribution in [0.25, 0.3) is 0 Å². The van der Waals surface area contributed by atoms with Crippen molar-refractivity contribution in [2.45, 2.75) is 24.9 Å². The van der Waals surface area contributed by atoms with Crippen LogP contribution in [0.1, 0.15) is 18.4 Å². The molecule has 0 amide bonds. The number of halogens is 1. The Kier molecular flexibility index (Phi) is 3.93. The van der Waals surface area contributed by atoms with E-state index < -0.39 is 11.5 Å². The molecule has 4 nitrogen and oxygen atoms in total. The highest BCUT2D eigenvalue weighted by Gasteiger charge is 2.39. The molecule has 0 spiro atoms. The zero-order valence-corrected chi connectivity index (χ0v) is 9.99. The lowest BCUT2D eigenvalue weighted by Crippen LogP contribution is -2.55. The molecule has 1 aliphatic rings. The third kappa shape index (κ3) is 2.86. The summed E-state index contributed by atoms with van der Waals surface area (Å²) in [7, 11) is 0. The minimum absolute atomic E-state index is 0.294. The molecule has 0 saturated carbocycles. The van der Waals surface area contributed by atoms with Gasteiger partial charge in [0.2, 0.25) is 0 Å². The molecule has 0 atom stereocenters. The van der Waals surface area contributed by atoms with Crippen molar-refractivity contribution in [3.8, 4) is 0 Å². The van der Waals surface area contributed by atoms with Gasteiger partial charge in [-0.15, -0.1) is 0 Å². The van der Waals surface area contributed by atoms with Crippen molar-refractivity contribution in [3.63, 3.8) is 0 Å². The van der Waals surface area contributed by atoms with Gasteiger partial charge in [0.15, 0.2) is 0 Å². The van der Waals surface area contributed by atoms with Gasteiger partial charge in [-0.25, -0.2) is 4.39 Å². The number of carboxylic acid groups (broad SMARTS) is 1. The molecule has 2 rings (SSSR count). The van der Waals surface area contributed by atoms with Gasteiger partial charge in [-0.05, 0) is 30.5 Å². The summed E-state index contributed by atoms with van der Waals surface area (Å²) in [5.41, 5.74) is -0.0596. The summed E-state index contributed by atoms with van der Waals surface area (Å²) in [5, 5.41) is 12.4. The molecule has 1 heterocycles. The van der Waals surface area contributed by atoms with Crippen LogP contribution in [0.2, 0.25) is 0 Å². The quantitative estimate of drug-likeness (QED) is 0.854. The van der Waals surface area contributed by atoms with Gasteiger partial charge >= 0.3 is 5.97 Å². The fourth-order valence-corrected chi connectivity index (χ4v) is 2.06. The topological polar surface area (TPSA) is 58.6 Å². The first-order valence-corrected chi connectivity index (χ1v) is 5.93. The largest absolute Gasteiger partial charge is 0.480 e. The van der Waals surface area contributed by atoms with E-state index in [2.05, 4.69) is 5.32 Å². The average molecular weight is 253 g/mol. The number of carbonyl (C=O) groups is 1. The van der Waals surface area contributed by atoms with E-state index in [0.717, 1.165) is 5.56 Å². The number of ether oxygens (including phenoxy) is 1. The van der Waals surface area contributed by atoms with E-state index >= 15 is 0 Å². The predicted octanol–water partition coefficient (Wildman–Crippen LogP) is 1.55. The fourth-order valence-electron chi connectivity index (χ4n) is 2.06. The Morgan fingerprint density at radius 1 is 1.33 bits per heavy atom. The second kappa shape index (κ2) is 5.46. The van der Waals surface area contributed by atoms with Gasteiger partial charge in [-0.1, -0.05) is 12.1 Å². The number of benzene rings is 1. The van der Waals surface area contributed by atoms with Crippen molar-refractivity contribution in [1.29, 1.82) is 0 Å². The van der Waals surface area contributed by atoms with Crippen LogP contribution >= 0.6 is 0 Å². The zero-order valence-electron chi connectivity index (χ0n) is 9.99. The maximum absolute atomic E-state index is 12.8. The van der Waals surface area contributed by atoms with Crippen molar-refractivity contribution < 1.29 is 19.0 Å². The van der Waals surface area contributed by atoms with E-state index in [0.29, 0.717) is 32.6 Å². The molecule has 0 unspecified atom stereocenters. The summed E-state index contributed by atoms with van der Waals surface area (Å²) in [6.07, 6.45) is 0.896. The summed E-state index contributed by atoms with van der Waals surface area (Å²) in [6.45, 7) is 1.30. The normalized spacial score (nSPS) is 18.5. The molecule has 1 aromatic rings. The van der Waals surface area contributed by atoms with Crippen LogP contribution in [0.15, 0.2) is 24.3 Å². The number of rotatable bonds is 4. The highest BCUT2D eigenvalue weighted by Crippen LogP contribution is 2.21. The molecule has 0 radical (unpaired) electrons. The molecule has 1 fully saturated rings. The first-order chi connectivity index (χ1) is 8.62. The maximum atomic E-state index is 12.8. The Labute approximate surface area is 105 Å². The SMILES string of the molecule is O=C(O)C1(NCc2ccc(F)cc2)CCOCC1. The average Bonchev–Trinajstić information content (AvgIpc) is 2.39. The van der Waals surface area contributed by atoms with Gasteiger partial charge in [0, 0.05) is 19.8 Å². The molecule has 98 valence electrons. The zero-order chi connectivity index (χ0) is 13.0. The lowest BCUT2D eigenvalue weighted by Gasteiger charge is -2.34. The molecular formula is C13H16FNO3. The fraction of sp³-hybridized carbons (Fsp3) is 0.462. The van der Waals surface area contributed by atoms with E-state index in [-0.39, 0.29) is 5.82 Å². The molecule has 5 heteroatoms. The standard InChI is InChI=1S/C13H16FNO3/c14-11-3-1-10(2-4-11)9-15-13(12(16)17)5-7-18-8-6-13/h1-4,15H,5-9H2,(H,16,17). The van der Waals surface area contributed by atoms with Crippen LogP contribution in [0.3, 0.4) is 0 Å². The van der Waals surface area contributed by atoms with Gasteiger partial charge in [0.05, 0.1) is 0 Å². The van der Waals surface area contributed by atoms with Crippen molar-refractivity contribution in [2.75, 3.05) is 13.2 Å². The Hall–Kier alpha value is -1.46. The molecule has 0 bridgehead atoms. The van der Waals surface area contributed by atoms with E-state index in [4.69, 9.17) is 4.74 Å². The number of aliphatic carboxylic acids is 1. The minimum Gasteiger partial charge on any atom is -0.480 e. The number of carboxylic acids is 1. The Morgan fingerprint density at radius 2 is 1.94 bits per heavy atom. The van der Waals surface area contributed by atoms with Gasteiger partial charge in [-0.2, -0.15) is 0 Å². The molecule has 0 aliphatic carbocycles. The van der Waals surface area contributed by atoms with Crippen LogP contribution < -0.4 is 5.32 Å². The monoisotopic (exact) mass is 253 g/mol. The third-order valence-corrected chi connectivity index (χ3v) is 3.30. The molecule has 1 aromatic carbocycles. The highest BCUT2D eigenvalue weighted by molar-refractivity contribution is 5.78. The maximum Gasteiger partial charge on any atom is 0.324 e. The van der Waals surface area contributed by atoms with Gasteiger partial charge in [-0.3, -0.25) is 10.1 Å². The summed E-state index contributed by atoms with van der Waals surface area (Å²) < 4.78 is 17.9. The predicted molar refractivity (Wildman–Crippen MR) is 63.7 cm³/mol. The molecule has 2 N–H and O–H groups in total. The van der Waals surface area contributed by atoms with Crippen molar-refractivity contribution in [2.24, 2.45) is 0 Å². The van der Waals surface area contributed by atoms with Crippen LogP contribution in [-0.2, 0) is 16.1 Å². The summed E-state index contributed by atoms with van der Waals surface area (Å²) in [4.78, 5) is 11.4. The van der Waals surface area contributed by atoms with Crippen LogP contribution in [0, 0.1) is 5.82 Å². The van der Waals surface area contributed by atoms with E-state index in [1.54, 1.807) is 12.1 Å². The van der Waals surface area contributed by atoms with Gasteiger partial charge in [0.1, 0.15) is 11.4 Å². The lowest BCUT2D eigenvalue weighted by molar-refractivity contribution is -0.149. The van der Waals surface area contributed by atoms with Crippen LogP contribution in [-0.4, -0.2) is 29.8 Å². The molecule has 1 saturated heterocycles.